The highest BCUT2D eigenvalue weighted by Gasteiger charge is 2.20. The third-order valence-electron chi connectivity index (χ3n) is 15.7. The second kappa shape index (κ2) is 64.6. The quantitative estimate of drug-likeness (QED) is 0.0320. The Morgan fingerprint density at radius 2 is 0.667 bits per heavy atom. The van der Waals surface area contributed by atoms with Crippen LogP contribution < -0.4 is 5.32 Å². The minimum Gasteiger partial charge on any atom is -0.466 e. The number of esters is 1. The van der Waals surface area contributed by atoms with Gasteiger partial charge in [-0.25, -0.2) is 0 Å². The fourth-order valence-corrected chi connectivity index (χ4v) is 10.5. The van der Waals surface area contributed by atoms with Crippen LogP contribution in [0.5, 0.6) is 0 Å². The highest BCUT2D eigenvalue weighted by molar-refractivity contribution is 5.76. The van der Waals surface area contributed by atoms with E-state index in [9.17, 15) is 19.8 Å². The lowest BCUT2D eigenvalue weighted by atomic mass is 10.0. The predicted molar refractivity (Wildman–Crippen MR) is 329 cm³/mol. The van der Waals surface area contributed by atoms with Gasteiger partial charge in [0.25, 0.3) is 0 Å². The number of aliphatic hydroxyl groups is 2. The monoisotopic (exact) mass is 1050 g/mol. The van der Waals surface area contributed by atoms with Crippen LogP contribution in [0.1, 0.15) is 367 Å². The molecule has 442 valence electrons. The maximum Gasteiger partial charge on any atom is 0.305 e. The van der Waals surface area contributed by atoms with E-state index in [1.54, 1.807) is 0 Å². The number of carbonyl (C=O) groups is 2. The molecule has 3 N–H and O–H groups in total. The Bertz CT molecular complexity index is 1210. The summed E-state index contributed by atoms with van der Waals surface area (Å²) in [4.78, 5) is 24.6. The van der Waals surface area contributed by atoms with Crippen molar-refractivity contribution in [2.75, 3.05) is 13.2 Å². The molecule has 0 bridgehead atoms. The molecule has 0 aliphatic rings. The summed E-state index contributed by atoms with van der Waals surface area (Å²) in [5, 5.41) is 23.3. The van der Waals surface area contributed by atoms with Gasteiger partial charge in [0.1, 0.15) is 0 Å². The van der Waals surface area contributed by atoms with Crippen molar-refractivity contribution in [3.05, 3.63) is 36.5 Å². The van der Waals surface area contributed by atoms with Gasteiger partial charge in [0.05, 0.1) is 25.4 Å². The average Bonchev–Trinajstić information content (AvgIpc) is 3.41. The van der Waals surface area contributed by atoms with Crippen LogP contribution in [-0.4, -0.2) is 47.4 Å². The Labute approximate surface area is 468 Å². The minimum atomic E-state index is -0.668. The molecular formula is C69H131NO5. The van der Waals surface area contributed by atoms with Gasteiger partial charge in [0, 0.05) is 12.8 Å². The third kappa shape index (κ3) is 61.2. The molecule has 0 aromatic heterocycles. The van der Waals surface area contributed by atoms with Gasteiger partial charge in [-0.15, -0.1) is 0 Å². The summed E-state index contributed by atoms with van der Waals surface area (Å²) in [5.41, 5.74) is 0. The number of ether oxygens (including phenoxy) is 1. The van der Waals surface area contributed by atoms with E-state index in [0.29, 0.717) is 25.9 Å². The number of rotatable bonds is 63. The summed E-state index contributed by atoms with van der Waals surface area (Å²) in [6.45, 7) is 4.97. The molecule has 0 aliphatic carbocycles. The van der Waals surface area contributed by atoms with Gasteiger partial charge >= 0.3 is 5.97 Å². The van der Waals surface area contributed by atoms with Crippen LogP contribution in [0.2, 0.25) is 0 Å². The van der Waals surface area contributed by atoms with Crippen LogP contribution in [0, 0.1) is 0 Å². The Morgan fingerprint density at radius 1 is 0.373 bits per heavy atom. The molecule has 0 radical (unpaired) electrons. The summed E-state index contributed by atoms with van der Waals surface area (Å²) in [7, 11) is 0. The Kier molecular flexibility index (Phi) is 63.0. The molecule has 6 heteroatoms. The van der Waals surface area contributed by atoms with Crippen molar-refractivity contribution in [3.8, 4) is 0 Å². The zero-order valence-electron chi connectivity index (χ0n) is 50.5. The highest BCUT2D eigenvalue weighted by atomic mass is 16.5. The van der Waals surface area contributed by atoms with Crippen LogP contribution in [-0.2, 0) is 14.3 Å². The lowest BCUT2D eigenvalue weighted by molar-refractivity contribution is -0.143. The van der Waals surface area contributed by atoms with E-state index in [1.165, 1.54) is 283 Å². The Hall–Kier alpha value is -1.92. The SMILES string of the molecule is CCCCCCCCC/C=C\CCCCCCCCCC(=O)OCCCCCCCCCCC/C=C\C/C=C\CCCCCCCCCCCC(=O)NC(CO)C(O)CCCCCCCCCCCCCCCCC. The van der Waals surface area contributed by atoms with E-state index < -0.39 is 12.1 Å². The van der Waals surface area contributed by atoms with E-state index in [2.05, 4.69) is 55.6 Å². The van der Waals surface area contributed by atoms with Crippen LogP contribution in [0.4, 0.5) is 0 Å². The van der Waals surface area contributed by atoms with E-state index >= 15 is 0 Å². The fraction of sp³-hybridized carbons (Fsp3) is 0.884. The van der Waals surface area contributed by atoms with Gasteiger partial charge in [-0.1, -0.05) is 307 Å². The molecule has 0 fully saturated rings. The largest absolute Gasteiger partial charge is 0.466 e. The number of aliphatic hydroxyl groups excluding tert-OH is 2. The molecule has 0 heterocycles. The van der Waals surface area contributed by atoms with Gasteiger partial charge < -0.3 is 20.3 Å². The Morgan fingerprint density at radius 3 is 1.03 bits per heavy atom. The van der Waals surface area contributed by atoms with Crippen LogP contribution in [0.3, 0.4) is 0 Å². The van der Waals surface area contributed by atoms with Crippen molar-refractivity contribution in [3.63, 3.8) is 0 Å². The predicted octanol–water partition coefficient (Wildman–Crippen LogP) is 21.5. The van der Waals surface area contributed by atoms with Crippen molar-refractivity contribution in [1.29, 1.82) is 0 Å². The molecule has 0 rings (SSSR count). The van der Waals surface area contributed by atoms with Crippen LogP contribution in [0.25, 0.3) is 0 Å². The number of hydrogen-bond donors (Lipinski definition) is 3. The normalized spacial score (nSPS) is 12.7. The van der Waals surface area contributed by atoms with E-state index in [0.717, 1.165) is 51.4 Å². The molecule has 2 atom stereocenters. The smallest absolute Gasteiger partial charge is 0.305 e. The van der Waals surface area contributed by atoms with Crippen molar-refractivity contribution < 1.29 is 24.5 Å². The summed E-state index contributed by atoms with van der Waals surface area (Å²) in [6.07, 6.45) is 81.7. The van der Waals surface area contributed by atoms with E-state index in [1.807, 2.05) is 0 Å². The first-order chi connectivity index (χ1) is 37.0. The number of nitrogens with one attached hydrogen (secondary N) is 1. The van der Waals surface area contributed by atoms with Gasteiger partial charge in [-0.2, -0.15) is 0 Å². The molecule has 0 aliphatic heterocycles. The zero-order valence-corrected chi connectivity index (χ0v) is 50.5. The first-order valence-corrected chi connectivity index (χ1v) is 33.7. The van der Waals surface area contributed by atoms with Gasteiger partial charge in [-0.3, -0.25) is 9.59 Å². The van der Waals surface area contributed by atoms with E-state index in [4.69, 9.17) is 4.74 Å². The molecule has 75 heavy (non-hydrogen) atoms. The third-order valence-corrected chi connectivity index (χ3v) is 15.7. The van der Waals surface area contributed by atoms with Gasteiger partial charge in [-0.05, 0) is 83.5 Å². The minimum absolute atomic E-state index is 0.00647. The number of unbranched alkanes of at least 4 members (excludes halogenated alkanes) is 46. The lowest BCUT2D eigenvalue weighted by Gasteiger charge is -2.22. The van der Waals surface area contributed by atoms with Crippen molar-refractivity contribution in [2.45, 2.75) is 379 Å². The van der Waals surface area contributed by atoms with Gasteiger partial charge in [0.15, 0.2) is 0 Å². The molecule has 0 saturated carbocycles. The number of hydrogen-bond acceptors (Lipinski definition) is 5. The average molecular weight is 1050 g/mol. The fourth-order valence-electron chi connectivity index (χ4n) is 10.5. The molecule has 6 nitrogen and oxygen atoms in total. The number of carbonyl (C=O) groups excluding carboxylic acids is 2. The molecule has 1 amide bonds. The summed E-state index contributed by atoms with van der Waals surface area (Å²) >= 11 is 0. The molecule has 0 aromatic carbocycles. The standard InChI is InChI=1S/C69H131NO5/c1-3-5-7-9-11-13-15-17-19-20-31-35-39-43-47-51-55-59-63-69(74)75-64-60-56-52-48-44-40-36-32-29-27-25-23-21-22-24-26-28-30-34-38-42-46-50-54-58-62-68(73)70-66(65-71)67(72)61-57-53-49-45-41-37-33-18-16-14-12-10-8-6-4-2/h19-20,22-25,66-67,71-72H,3-18,21,26-65H2,1-2H3,(H,70,73)/b20-19-,24-22-,25-23-. The molecular weight excluding hydrogens is 923 g/mol. The second-order valence-corrected chi connectivity index (χ2v) is 23.1. The molecule has 2 unspecified atom stereocenters. The Balaban J connectivity index is 3.42. The van der Waals surface area contributed by atoms with Crippen molar-refractivity contribution in [1.82, 2.24) is 5.32 Å². The number of allylic oxidation sites excluding steroid dienone is 6. The first kappa shape index (κ1) is 73.1. The van der Waals surface area contributed by atoms with Gasteiger partial charge in [0.2, 0.25) is 5.91 Å². The maximum absolute atomic E-state index is 12.5. The molecule has 0 spiro atoms. The highest BCUT2D eigenvalue weighted by Crippen LogP contribution is 2.18. The van der Waals surface area contributed by atoms with E-state index in [-0.39, 0.29) is 18.5 Å². The van der Waals surface area contributed by atoms with Crippen molar-refractivity contribution >= 4 is 11.9 Å². The van der Waals surface area contributed by atoms with Crippen LogP contribution in [0.15, 0.2) is 36.5 Å². The summed E-state index contributed by atoms with van der Waals surface area (Å²) in [6, 6.07) is -0.546. The first-order valence-electron chi connectivity index (χ1n) is 33.7. The maximum atomic E-state index is 12.5. The topological polar surface area (TPSA) is 95.9 Å². The summed E-state index contributed by atoms with van der Waals surface area (Å²) < 4.78 is 5.50. The molecule has 0 aromatic rings. The zero-order chi connectivity index (χ0) is 54.3. The summed E-state index contributed by atoms with van der Waals surface area (Å²) in [5.74, 6) is -0.0328. The molecule has 0 saturated heterocycles. The second-order valence-electron chi connectivity index (χ2n) is 23.1. The lowest BCUT2D eigenvalue weighted by Crippen LogP contribution is -2.45. The van der Waals surface area contributed by atoms with Crippen molar-refractivity contribution in [2.24, 2.45) is 0 Å². The van der Waals surface area contributed by atoms with Crippen LogP contribution >= 0.6 is 0 Å². The number of amides is 1.